The van der Waals surface area contributed by atoms with Crippen LogP contribution in [-0.2, 0) is 6.54 Å². The maximum atomic E-state index is 13.2. The summed E-state index contributed by atoms with van der Waals surface area (Å²) in [6.07, 6.45) is 1.91. The third-order valence-corrected chi connectivity index (χ3v) is 4.30. The van der Waals surface area contributed by atoms with Crippen molar-refractivity contribution in [3.05, 3.63) is 83.2 Å². The molecule has 2 aromatic heterocycles. The molecule has 0 bridgehead atoms. The number of nitrogens with zero attached hydrogens (tertiary/aromatic N) is 2. The summed E-state index contributed by atoms with van der Waals surface area (Å²) in [4.78, 5) is 12.7. The first-order valence-electron chi connectivity index (χ1n) is 7.90. The number of ketones is 1. The van der Waals surface area contributed by atoms with E-state index < -0.39 is 0 Å². The Bertz CT molecular complexity index is 895. The van der Waals surface area contributed by atoms with Crippen LogP contribution in [0.1, 0.15) is 27.4 Å². The number of benzene rings is 1. The van der Waals surface area contributed by atoms with Crippen molar-refractivity contribution in [2.45, 2.75) is 27.3 Å². The Labute approximate surface area is 141 Å². The minimum Gasteiger partial charge on any atom is -0.318 e. The summed E-state index contributed by atoms with van der Waals surface area (Å²) >= 11 is 0. The lowest BCUT2D eigenvalue weighted by atomic mass is 10.1. The van der Waals surface area contributed by atoms with E-state index in [-0.39, 0.29) is 11.6 Å². The maximum Gasteiger partial charge on any atom is 0.229 e. The van der Waals surface area contributed by atoms with Crippen molar-refractivity contribution in [3.63, 3.8) is 0 Å². The molecule has 0 fully saturated rings. The van der Waals surface area contributed by atoms with Gasteiger partial charge in [-0.3, -0.25) is 4.79 Å². The first kappa shape index (κ1) is 16.1. The highest BCUT2D eigenvalue weighted by Gasteiger charge is 2.20. The van der Waals surface area contributed by atoms with Gasteiger partial charge in [0.25, 0.3) is 0 Å². The molecule has 0 amide bonds. The Morgan fingerprint density at radius 2 is 1.79 bits per heavy atom. The van der Waals surface area contributed by atoms with Gasteiger partial charge >= 0.3 is 0 Å². The fraction of sp³-hybridized carbons (Fsp3) is 0.200. The lowest BCUT2D eigenvalue weighted by Crippen LogP contribution is -2.40. The number of halogens is 1. The number of hydrogen-bond acceptors (Lipinski definition) is 1. The molecule has 0 N–H and O–H groups in total. The van der Waals surface area contributed by atoms with Gasteiger partial charge in [0.1, 0.15) is 5.82 Å². The van der Waals surface area contributed by atoms with E-state index in [1.54, 1.807) is 12.1 Å². The van der Waals surface area contributed by atoms with Crippen LogP contribution in [0.5, 0.6) is 0 Å². The number of aromatic nitrogens is 2. The fourth-order valence-corrected chi connectivity index (χ4v) is 3.01. The molecule has 0 saturated carbocycles. The summed E-state index contributed by atoms with van der Waals surface area (Å²) in [5.74, 6) is -0.204. The Hall–Kier alpha value is -2.75. The predicted molar refractivity (Wildman–Crippen MR) is 90.9 cm³/mol. The topological polar surface area (TPSA) is 25.9 Å². The van der Waals surface area contributed by atoms with Crippen LogP contribution >= 0.6 is 0 Å². The molecule has 0 unspecified atom stereocenters. The molecule has 0 aliphatic carbocycles. The second kappa shape index (κ2) is 6.40. The molecule has 24 heavy (non-hydrogen) atoms. The average Bonchev–Trinajstić information content (AvgIpc) is 2.85. The largest absolute Gasteiger partial charge is 0.318 e. The third kappa shape index (κ3) is 3.00. The van der Waals surface area contributed by atoms with Gasteiger partial charge in [-0.15, -0.1) is 0 Å². The summed E-state index contributed by atoms with van der Waals surface area (Å²) in [5.41, 5.74) is 4.43. The SMILES string of the molecule is Cc1cc(C(=O)C[n+]2ccccc2C)c(C)n1-c1ccc(F)cc1. The summed E-state index contributed by atoms with van der Waals surface area (Å²) in [7, 11) is 0. The average molecular weight is 323 g/mol. The van der Waals surface area contributed by atoms with Crippen LogP contribution in [0.3, 0.4) is 0 Å². The Kier molecular flexibility index (Phi) is 4.30. The lowest BCUT2D eigenvalue weighted by molar-refractivity contribution is -0.689. The molecule has 1 aromatic carbocycles. The van der Waals surface area contributed by atoms with Gasteiger partial charge in [0.2, 0.25) is 12.3 Å². The molecule has 122 valence electrons. The number of Topliss-reactive ketones (excluding diaryl/α,β-unsaturated/α-hetero) is 1. The maximum absolute atomic E-state index is 13.2. The van der Waals surface area contributed by atoms with Gasteiger partial charge in [0, 0.05) is 41.7 Å². The van der Waals surface area contributed by atoms with E-state index >= 15 is 0 Å². The summed E-state index contributed by atoms with van der Waals surface area (Å²) in [6.45, 7) is 6.16. The highest BCUT2D eigenvalue weighted by molar-refractivity contribution is 5.96. The number of carbonyl (C=O) groups is 1. The van der Waals surface area contributed by atoms with Gasteiger partial charge in [-0.2, -0.15) is 4.57 Å². The Morgan fingerprint density at radius 3 is 2.46 bits per heavy atom. The number of rotatable bonds is 4. The summed E-state index contributed by atoms with van der Waals surface area (Å²) in [5, 5.41) is 0. The third-order valence-electron chi connectivity index (χ3n) is 4.30. The Morgan fingerprint density at radius 1 is 1.08 bits per heavy atom. The van der Waals surface area contributed by atoms with Gasteiger partial charge in [-0.25, -0.2) is 4.39 Å². The number of aryl methyl sites for hydroxylation is 2. The van der Waals surface area contributed by atoms with E-state index in [4.69, 9.17) is 0 Å². The van der Waals surface area contributed by atoms with Crippen LogP contribution in [-0.4, -0.2) is 10.4 Å². The highest BCUT2D eigenvalue weighted by Crippen LogP contribution is 2.21. The van der Waals surface area contributed by atoms with Crippen LogP contribution in [0.25, 0.3) is 5.69 Å². The molecule has 2 heterocycles. The van der Waals surface area contributed by atoms with Crippen LogP contribution in [0.15, 0.2) is 54.7 Å². The van der Waals surface area contributed by atoms with Crippen LogP contribution in [0.2, 0.25) is 0 Å². The first-order valence-corrected chi connectivity index (χ1v) is 7.90. The molecular formula is C20H20FN2O+. The number of pyridine rings is 1. The van der Waals surface area contributed by atoms with Crippen molar-refractivity contribution in [2.75, 3.05) is 0 Å². The standard InChI is InChI=1S/C20H20FN2O/c1-14-6-4-5-11-22(14)13-20(24)19-12-15(2)23(16(19)3)18-9-7-17(21)8-10-18/h4-12H,13H2,1-3H3/q+1. The first-order chi connectivity index (χ1) is 11.5. The monoisotopic (exact) mass is 323 g/mol. The lowest BCUT2D eigenvalue weighted by Gasteiger charge is -2.09. The van der Waals surface area contributed by atoms with Crippen molar-refractivity contribution < 1.29 is 13.8 Å². The Balaban J connectivity index is 1.95. The van der Waals surface area contributed by atoms with Gasteiger partial charge in [0.15, 0.2) is 11.9 Å². The highest BCUT2D eigenvalue weighted by atomic mass is 19.1. The molecular weight excluding hydrogens is 303 g/mol. The second-order valence-corrected chi connectivity index (χ2v) is 5.99. The van der Waals surface area contributed by atoms with Crippen LogP contribution in [0.4, 0.5) is 4.39 Å². The molecule has 3 nitrogen and oxygen atoms in total. The number of carbonyl (C=O) groups excluding carboxylic acids is 1. The quantitative estimate of drug-likeness (QED) is 0.531. The summed E-state index contributed by atoms with van der Waals surface area (Å²) in [6, 6.07) is 14.1. The van der Waals surface area contributed by atoms with Gasteiger partial charge in [-0.05, 0) is 44.2 Å². The van der Waals surface area contributed by atoms with Crippen molar-refractivity contribution in [1.29, 1.82) is 0 Å². The smallest absolute Gasteiger partial charge is 0.229 e. The van der Waals surface area contributed by atoms with Gasteiger partial charge in [-0.1, -0.05) is 6.07 Å². The molecule has 3 aromatic rings. The molecule has 3 rings (SSSR count). The zero-order valence-electron chi connectivity index (χ0n) is 14.1. The molecule has 0 aliphatic rings. The molecule has 0 radical (unpaired) electrons. The number of hydrogen-bond donors (Lipinski definition) is 0. The zero-order valence-corrected chi connectivity index (χ0v) is 14.1. The van der Waals surface area contributed by atoms with Crippen molar-refractivity contribution in [2.24, 2.45) is 0 Å². The van der Waals surface area contributed by atoms with Crippen molar-refractivity contribution in [3.8, 4) is 5.69 Å². The van der Waals surface area contributed by atoms with E-state index in [9.17, 15) is 9.18 Å². The van der Waals surface area contributed by atoms with E-state index in [2.05, 4.69) is 0 Å². The van der Waals surface area contributed by atoms with E-state index in [0.717, 1.165) is 22.8 Å². The second-order valence-electron chi connectivity index (χ2n) is 5.99. The van der Waals surface area contributed by atoms with Crippen molar-refractivity contribution in [1.82, 2.24) is 4.57 Å². The van der Waals surface area contributed by atoms with Gasteiger partial charge in [0.05, 0.1) is 0 Å². The predicted octanol–water partition coefficient (Wildman–Crippen LogP) is 3.71. The molecule has 4 heteroatoms. The van der Waals surface area contributed by atoms with E-state index in [1.165, 1.54) is 12.1 Å². The molecule has 0 atom stereocenters. The van der Waals surface area contributed by atoms with E-state index in [0.29, 0.717) is 12.1 Å². The van der Waals surface area contributed by atoms with Crippen molar-refractivity contribution >= 4 is 5.78 Å². The van der Waals surface area contributed by atoms with Crippen LogP contribution in [0, 0.1) is 26.6 Å². The van der Waals surface area contributed by atoms with Gasteiger partial charge < -0.3 is 4.57 Å². The molecule has 0 spiro atoms. The molecule has 0 aliphatic heterocycles. The van der Waals surface area contributed by atoms with Crippen LogP contribution < -0.4 is 4.57 Å². The zero-order chi connectivity index (χ0) is 17.3. The minimum atomic E-state index is -0.270. The minimum absolute atomic E-state index is 0.0655. The molecule has 0 saturated heterocycles. The normalized spacial score (nSPS) is 10.8. The summed E-state index contributed by atoms with van der Waals surface area (Å²) < 4.78 is 17.1. The fourth-order valence-electron chi connectivity index (χ4n) is 3.01. The van der Waals surface area contributed by atoms with E-state index in [1.807, 2.05) is 60.4 Å².